The number of carbonyl (C=O) groups is 2. The van der Waals surface area contributed by atoms with E-state index in [0.717, 1.165) is 22.6 Å². The molecular formula is C23H28N4O3. The molecule has 2 atom stereocenters. The van der Waals surface area contributed by atoms with E-state index in [1.165, 1.54) is 16.5 Å². The number of nitrogens with zero attached hydrogens (tertiary/aromatic N) is 4. The number of carboxylic acid groups (broad SMARTS) is 1. The maximum atomic E-state index is 12.4. The normalized spacial score (nSPS) is 20.7. The summed E-state index contributed by atoms with van der Waals surface area (Å²) in [5.74, 6) is 0.271. The van der Waals surface area contributed by atoms with Gasteiger partial charge in [-0.1, -0.05) is 39.5 Å². The molecule has 158 valence electrons. The molecule has 7 heteroatoms. The second kappa shape index (κ2) is 7.63. The molecule has 2 aliphatic rings. The molecule has 2 aromatic rings. The molecule has 1 aromatic heterocycles. The summed E-state index contributed by atoms with van der Waals surface area (Å²) in [6.07, 6.45) is 0.923. The Hall–Kier alpha value is -3.09. The fourth-order valence-electron chi connectivity index (χ4n) is 4.63. The Balaban J connectivity index is 1.82. The van der Waals surface area contributed by atoms with Gasteiger partial charge in [-0.05, 0) is 29.7 Å². The molecule has 1 aromatic carbocycles. The molecule has 2 aliphatic heterocycles. The summed E-state index contributed by atoms with van der Waals surface area (Å²) in [5, 5.41) is 14.7. The lowest BCUT2D eigenvalue weighted by atomic mass is 9.93. The van der Waals surface area contributed by atoms with Crippen LogP contribution in [0.2, 0.25) is 0 Å². The van der Waals surface area contributed by atoms with Crippen molar-refractivity contribution in [2.24, 2.45) is 0 Å². The fourth-order valence-corrected chi connectivity index (χ4v) is 4.63. The van der Waals surface area contributed by atoms with Crippen LogP contribution in [0.3, 0.4) is 0 Å². The van der Waals surface area contributed by atoms with Gasteiger partial charge in [0.1, 0.15) is 0 Å². The SMILES string of the molecule is C=CC(=O)N1CC(C)c2nn(-c3ccc(C(C)C)cc3)c3c2C(C1)N(C(=O)O)CC3. The molecule has 0 saturated heterocycles. The highest BCUT2D eigenvalue weighted by Gasteiger charge is 2.41. The van der Waals surface area contributed by atoms with Crippen molar-refractivity contribution in [1.29, 1.82) is 0 Å². The van der Waals surface area contributed by atoms with E-state index in [-0.39, 0.29) is 11.8 Å². The van der Waals surface area contributed by atoms with Crippen molar-refractivity contribution in [3.05, 3.63) is 59.4 Å². The van der Waals surface area contributed by atoms with Crippen LogP contribution in [0.25, 0.3) is 5.69 Å². The minimum atomic E-state index is -0.966. The largest absolute Gasteiger partial charge is 0.465 e. The molecule has 1 N–H and O–H groups in total. The van der Waals surface area contributed by atoms with Crippen LogP contribution in [0.5, 0.6) is 0 Å². The summed E-state index contributed by atoms with van der Waals surface area (Å²) < 4.78 is 1.97. The average molecular weight is 409 g/mol. The predicted molar refractivity (Wildman–Crippen MR) is 114 cm³/mol. The summed E-state index contributed by atoms with van der Waals surface area (Å²) in [5.41, 5.74) is 5.14. The molecule has 0 aliphatic carbocycles. The van der Waals surface area contributed by atoms with Gasteiger partial charge >= 0.3 is 6.09 Å². The molecule has 0 saturated carbocycles. The van der Waals surface area contributed by atoms with Crippen LogP contribution in [-0.2, 0) is 11.2 Å². The molecule has 0 radical (unpaired) electrons. The van der Waals surface area contributed by atoms with E-state index in [4.69, 9.17) is 5.10 Å². The molecule has 2 amide bonds. The van der Waals surface area contributed by atoms with Gasteiger partial charge in [0, 0.05) is 37.5 Å². The van der Waals surface area contributed by atoms with Crippen molar-refractivity contribution >= 4 is 12.0 Å². The fraction of sp³-hybridized carbons (Fsp3) is 0.435. The van der Waals surface area contributed by atoms with Crippen LogP contribution in [0, 0.1) is 0 Å². The van der Waals surface area contributed by atoms with Crippen LogP contribution in [0.15, 0.2) is 36.9 Å². The van der Waals surface area contributed by atoms with Gasteiger partial charge in [-0.3, -0.25) is 9.69 Å². The molecule has 3 heterocycles. The topological polar surface area (TPSA) is 78.7 Å². The summed E-state index contributed by atoms with van der Waals surface area (Å²) >= 11 is 0. The Labute approximate surface area is 176 Å². The third-order valence-electron chi connectivity index (χ3n) is 6.24. The van der Waals surface area contributed by atoms with Crippen molar-refractivity contribution in [1.82, 2.24) is 19.6 Å². The van der Waals surface area contributed by atoms with E-state index in [1.54, 1.807) is 4.90 Å². The highest BCUT2D eigenvalue weighted by Crippen LogP contribution is 2.40. The number of aromatic nitrogens is 2. The monoisotopic (exact) mass is 408 g/mol. The van der Waals surface area contributed by atoms with Crippen molar-refractivity contribution in [3.63, 3.8) is 0 Å². The highest BCUT2D eigenvalue weighted by atomic mass is 16.4. The van der Waals surface area contributed by atoms with Gasteiger partial charge in [0.2, 0.25) is 5.91 Å². The van der Waals surface area contributed by atoms with Gasteiger partial charge in [-0.15, -0.1) is 0 Å². The number of hydrogen-bond donors (Lipinski definition) is 1. The van der Waals surface area contributed by atoms with E-state index < -0.39 is 12.1 Å². The number of hydrogen-bond acceptors (Lipinski definition) is 3. The minimum absolute atomic E-state index is 0.00224. The summed E-state index contributed by atoms with van der Waals surface area (Å²) in [6.45, 7) is 11.2. The van der Waals surface area contributed by atoms with E-state index in [1.807, 2.05) is 11.6 Å². The first-order chi connectivity index (χ1) is 14.3. The average Bonchev–Trinajstić information content (AvgIpc) is 3.05. The Morgan fingerprint density at radius 1 is 1.23 bits per heavy atom. The first kappa shape index (κ1) is 20.2. The Morgan fingerprint density at radius 2 is 1.93 bits per heavy atom. The van der Waals surface area contributed by atoms with Crippen LogP contribution in [-0.4, -0.2) is 56.3 Å². The van der Waals surface area contributed by atoms with Gasteiger partial charge in [-0.2, -0.15) is 5.10 Å². The van der Waals surface area contributed by atoms with Gasteiger partial charge in [0.05, 0.1) is 23.1 Å². The molecule has 0 bridgehead atoms. The minimum Gasteiger partial charge on any atom is -0.465 e. The van der Waals surface area contributed by atoms with Crippen LogP contribution in [0.1, 0.15) is 61.2 Å². The number of carbonyl (C=O) groups excluding carboxylic acids is 1. The maximum absolute atomic E-state index is 12.4. The number of rotatable bonds is 3. The molecule has 2 unspecified atom stereocenters. The van der Waals surface area contributed by atoms with Gasteiger partial charge in [0.25, 0.3) is 0 Å². The predicted octanol–water partition coefficient (Wildman–Crippen LogP) is 3.70. The lowest BCUT2D eigenvalue weighted by Crippen LogP contribution is -2.45. The summed E-state index contributed by atoms with van der Waals surface area (Å²) in [6, 6.07) is 7.98. The van der Waals surface area contributed by atoms with Crippen molar-refractivity contribution < 1.29 is 14.7 Å². The summed E-state index contributed by atoms with van der Waals surface area (Å²) in [7, 11) is 0. The lowest BCUT2D eigenvalue weighted by Gasteiger charge is -2.35. The van der Waals surface area contributed by atoms with Crippen LogP contribution >= 0.6 is 0 Å². The first-order valence-electron chi connectivity index (χ1n) is 10.4. The number of amides is 2. The maximum Gasteiger partial charge on any atom is 0.407 e. The quantitative estimate of drug-likeness (QED) is 0.786. The third kappa shape index (κ3) is 3.28. The standard InChI is InChI=1S/C23H28N4O3/c1-5-20(28)25-12-15(4)22-21-18(10-11-26(23(29)30)19(21)13-25)27(24-22)17-8-6-16(7-9-17)14(2)3/h5-9,14-15,19H,1,10-13H2,2-4H3,(H,29,30). The second-order valence-corrected chi connectivity index (χ2v) is 8.49. The van der Waals surface area contributed by atoms with E-state index in [2.05, 4.69) is 44.7 Å². The van der Waals surface area contributed by atoms with Crippen molar-refractivity contribution in [2.45, 2.75) is 45.1 Å². The van der Waals surface area contributed by atoms with E-state index in [9.17, 15) is 14.7 Å². The molecule has 4 rings (SSSR count). The number of benzene rings is 1. The van der Waals surface area contributed by atoms with Crippen LogP contribution in [0.4, 0.5) is 4.79 Å². The van der Waals surface area contributed by atoms with Gasteiger partial charge in [-0.25, -0.2) is 9.48 Å². The van der Waals surface area contributed by atoms with Gasteiger partial charge < -0.3 is 10.0 Å². The first-order valence-corrected chi connectivity index (χ1v) is 10.4. The zero-order chi connectivity index (χ0) is 21.6. The highest BCUT2D eigenvalue weighted by molar-refractivity contribution is 5.87. The molecular weight excluding hydrogens is 380 g/mol. The zero-order valence-electron chi connectivity index (χ0n) is 17.7. The molecule has 0 fully saturated rings. The summed E-state index contributed by atoms with van der Waals surface area (Å²) in [4.78, 5) is 27.5. The molecule has 30 heavy (non-hydrogen) atoms. The Morgan fingerprint density at radius 3 is 2.53 bits per heavy atom. The van der Waals surface area contributed by atoms with Crippen molar-refractivity contribution in [2.75, 3.05) is 19.6 Å². The van der Waals surface area contributed by atoms with E-state index in [0.29, 0.717) is 32.0 Å². The zero-order valence-corrected chi connectivity index (χ0v) is 17.7. The lowest BCUT2D eigenvalue weighted by molar-refractivity contribution is -0.127. The Bertz CT molecular complexity index is 993. The second-order valence-electron chi connectivity index (χ2n) is 8.49. The molecule has 0 spiro atoms. The van der Waals surface area contributed by atoms with Gasteiger partial charge in [0.15, 0.2) is 0 Å². The van der Waals surface area contributed by atoms with Crippen molar-refractivity contribution in [3.8, 4) is 5.69 Å². The third-order valence-corrected chi connectivity index (χ3v) is 6.24. The smallest absolute Gasteiger partial charge is 0.407 e. The van der Waals surface area contributed by atoms with E-state index >= 15 is 0 Å². The molecule has 7 nitrogen and oxygen atoms in total. The Kier molecular flexibility index (Phi) is 5.13. The van der Waals surface area contributed by atoms with Crippen LogP contribution < -0.4 is 0 Å².